The fourth-order valence-corrected chi connectivity index (χ4v) is 2.09. The Morgan fingerprint density at radius 3 is 2.29 bits per heavy atom. The quantitative estimate of drug-likeness (QED) is 0.676. The molecule has 1 aromatic carbocycles. The van der Waals surface area contributed by atoms with Crippen LogP contribution in [0, 0.1) is 0 Å². The van der Waals surface area contributed by atoms with Gasteiger partial charge in [-0.2, -0.15) is 0 Å². The van der Waals surface area contributed by atoms with Crippen LogP contribution < -0.4 is 0 Å². The van der Waals surface area contributed by atoms with Crippen LogP contribution in [-0.4, -0.2) is 18.4 Å². The summed E-state index contributed by atoms with van der Waals surface area (Å²) >= 11 is 0. The van der Waals surface area contributed by atoms with Crippen LogP contribution in [0.5, 0.6) is 0 Å². The predicted molar refractivity (Wildman–Crippen MR) is 64.8 cm³/mol. The van der Waals surface area contributed by atoms with E-state index in [0.29, 0.717) is 6.42 Å². The van der Waals surface area contributed by atoms with Gasteiger partial charge in [0.05, 0.1) is 5.41 Å². The molecule has 0 N–H and O–H groups in total. The number of carbonyl (C=O) groups excluding carboxylic acids is 3. The lowest BCUT2D eigenvalue weighted by molar-refractivity contribution is -0.125. The molecule has 1 rings (SSSR count). The summed E-state index contributed by atoms with van der Waals surface area (Å²) in [6.07, 6.45) is 2.32. The Hall–Kier alpha value is -1.77. The lowest BCUT2D eigenvalue weighted by Gasteiger charge is -2.29. The van der Waals surface area contributed by atoms with Gasteiger partial charge in [-0.15, -0.1) is 0 Å². The largest absolute Gasteiger partial charge is 0.303 e. The number of rotatable bonds is 7. The molecule has 3 nitrogen and oxygen atoms in total. The summed E-state index contributed by atoms with van der Waals surface area (Å²) in [7, 11) is 0. The highest BCUT2D eigenvalue weighted by atomic mass is 16.1. The second-order valence-electron chi connectivity index (χ2n) is 4.08. The molecule has 0 fully saturated rings. The number of Topliss-reactive ketones (excluding diaryl/α,β-unsaturated/α-hetero) is 1. The van der Waals surface area contributed by atoms with Crippen molar-refractivity contribution in [3.63, 3.8) is 0 Å². The summed E-state index contributed by atoms with van der Waals surface area (Å²) in [4.78, 5) is 33.2. The average molecular weight is 232 g/mol. The Kier molecular flexibility index (Phi) is 4.76. The maximum absolute atomic E-state index is 11.9. The topological polar surface area (TPSA) is 51.2 Å². The van der Waals surface area contributed by atoms with Crippen molar-refractivity contribution in [3.05, 3.63) is 35.9 Å². The summed E-state index contributed by atoms with van der Waals surface area (Å²) in [6.45, 7) is 1.47. The molecular formula is C14H16O3. The molecule has 0 bridgehead atoms. The summed E-state index contributed by atoms with van der Waals surface area (Å²) in [6, 6.07) is 9.18. The predicted octanol–water partition coefficient (Wildman–Crippen LogP) is 2.08. The minimum absolute atomic E-state index is 0.0716. The van der Waals surface area contributed by atoms with Gasteiger partial charge in [-0.1, -0.05) is 30.3 Å². The van der Waals surface area contributed by atoms with Gasteiger partial charge < -0.3 is 9.59 Å². The summed E-state index contributed by atoms with van der Waals surface area (Å²) in [5.41, 5.74) is -0.0364. The second-order valence-corrected chi connectivity index (χ2v) is 4.08. The standard InChI is InChI=1S/C14H16O3/c1-12(17)14(9-11-16,8-5-10-15)13-6-3-2-4-7-13/h2-4,6-7,10-11H,5,8-9H2,1H3/t14-/m1/s1. The van der Waals surface area contributed by atoms with Crippen LogP contribution in [-0.2, 0) is 19.8 Å². The van der Waals surface area contributed by atoms with Gasteiger partial charge >= 0.3 is 0 Å². The van der Waals surface area contributed by atoms with E-state index in [-0.39, 0.29) is 18.6 Å². The van der Waals surface area contributed by atoms with Gasteiger partial charge in [0.25, 0.3) is 0 Å². The third-order valence-corrected chi connectivity index (χ3v) is 3.12. The van der Waals surface area contributed by atoms with E-state index in [1.165, 1.54) is 6.92 Å². The first-order chi connectivity index (χ1) is 8.17. The zero-order valence-corrected chi connectivity index (χ0v) is 9.89. The Labute approximate surface area is 101 Å². The van der Waals surface area contributed by atoms with Crippen molar-refractivity contribution in [3.8, 4) is 0 Å². The molecule has 3 heteroatoms. The Balaban J connectivity index is 3.18. The van der Waals surface area contributed by atoms with Gasteiger partial charge in [-0.3, -0.25) is 4.79 Å². The van der Waals surface area contributed by atoms with Gasteiger partial charge in [-0.25, -0.2) is 0 Å². The van der Waals surface area contributed by atoms with E-state index in [4.69, 9.17) is 0 Å². The average Bonchev–Trinajstić information content (AvgIpc) is 2.35. The smallest absolute Gasteiger partial charge is 0.140 e. The Morgan fingerprint density at radius 1 is 1.18 bits per heavy atom. The van der Waals surface area contributed by atoms with E-state index < -0.39 is 5.41 Å². The molecule has 0 aliphatic heterocycles. The summed E-state index contributed by atoms with van der Waals surface area (Å²) < 4.78 is 0. The minimum Gasteiger partial charge on any atom is -0.303 e. The molecule has 0 aliphatic rings. The number of ketones is 1. The number of benzene rings is 1. The summed E-state index contributed by atoms with van der Waals surface area (Å²) in [5.74, 6) is -0.0716. The van der Waals surface area contributed by atoms with E-state index >= 15 is 0 Å². The van der Waals surface area contributed by atoms with Crippen molar-refractivity contribution in [1.82, 2.24) is 0 Å². The molecule has 0 saturated carbocycles. The van der Waals surface area contributed by atoms with Gasteiger partial charge in [0.1, 0.15) is 18.4 Å². The molecule has 0 aliphatic carbocycles. The van der Waals surface area contributed by atoms with Gasteiger partial charge in [0.2, 0.25) is 0 Å². The maximum Gasteiger partial charge on any atom is 0.140 e. The molecule has 0 unspecified atom stereocenters. The molecule has 0 spiro atoms. The number of hydrogen-bond donors (Lipinski definition) is 0. The first-order valence-electron chi connectivity index (χ1n) is 5.61. The molecule has 90 valence electrons. The number of hydrogen-bond acceptors (Lipinski definition) is 3. The normalized spacial score (nSPS) is 13.7. The molecule has 0 heterocycles. The molecule has 1 aromatic rings. The van der Waals surface area contributed by atoms with Crippen molar-refractivity contribution in [2.45, 2.75) is 31.6 Å². The second kappa shape index (κ2) is 6.09. The minimum atomic E-state index is -0.843. The van der Waals surface area contributed by atoms with E-state index in [2.05, 4.69) is 0 Å². The van der Waals surface area contributed by atoms with E-state index in [0.717, 1.165) is 18.1 Å². The van der Waals surface area contributed by atoms with Gasteiger partial charge in [0, 0.05) is 12.8 Å². The van der Waals surface area contributed by atoms with Crippen molar-refractivity contribution in [1.29, 1.82) is 0 Å². The fourth-order valence-electron chi connectivity index (χ4n) is 2.09. The van der Waals surface area contributed by atoms with Crippen molar-refractivity contribution >= 4 is 18.4 Å². The highest BCUT2D eigenvalue weighted by molar-refractivity contribution is 5.90. The Bertz CT molecular complexity index is 397. The molecule has 1 atom stereocenters. The maximum atomic E-state index is 11.9. The number of carbonyl (C=O) groups is 3. The van der Waals surface area contributed by atoms with Gasteiger partial charge in [0.15, 0.2) is 0 Å². The zero-order valence-electron chi connectivity index (χ0n) is 9.89. The third-order valence-electron chi connectivity index (χ3n) is 3.12. The van der Waals surface area contributed by atoms with Crippen LogP contribution in [0.4, 0.5) is 0 Å². The lowest BCUT2D eigenvalue weighted by Crippen LogP contribution is -2.35. The van der Waals surface area contributed by atoms with Crippen LogP contribution in [0.2, 0.25) is 0 Å². The number of aldehydes is 2. The van der Waals surface area contributed by atoms with Crippen LogP contribution in [0.25, 0.3) is 0 Å². The fraction of sp³-hybridized carbons (Fsp3) is 0.357. The highest BCUT2D eigenvalue weighted by Gasteiger charge is 2.36. The molecular weight excluding hydrogens is 216 g/mol. The third kappa shape index (κ3) is 2.87. The van der Waals surface area contributed by atoms with Gasteiger partial charge in [-0.05, 0) is 18.9 Å². The SMILES string of the molecule is CC(=O)[C@](CC=O)(CCC=O)c1ccccc1. The van der Waals surface area contributed by atoms with E-state index in [1.54, 1.807) is 0 Å². The summed E-state index contributed by atoms with van der Waals surface area (Å²) in [5, 5.41) is 0. The van der Waals surface area contributed by atoms with Crippen molar-refractivity contribution in [2.24, 2.45) is 0 Å². The van der Waals surface area contributed by atoms with Crippen molar-refractivity contribution < 1.29 is 14.4 Å². The first-order valence-corrected chi connectivity index (χ1v) is 5.61. The van der Waals surface area contributed by atoms with Crippen LogP contribution in [0.15, 0.2) is 30.3 Å². The first kappa shape index (κ1) is 13.3. The molecule has 17 heavy (non-hydrogen) atoms. The highest BCUT2D eigenvalue weighted by Crippen LogP contribution is 2.33. The van der Waals surface area contributed by atoms with E-state index in [9.17, 15) is 14.4 Å². The molecule has 0 radical (unpaired) electrons. The lowest BCUT2D eigenvalue weighted by atomic mass is 9.71. The van der Waals surface area contributed by atoms with Crippen LogP contribution in [0.3, 0.4) is 0 Å². The van der Waals surface area contributed by atoms with Crippen LogP contribution in [0.1, 0.15) is 31.7 Å². The molecule has 0 aromatic heterocycles. The van der Waals surface area contributed by atoms with Crippen LogP contribution >= 0.6 is 0 Å². The zero-order chi connectivity index (χ0) is 12.7. The monoisotopic (exact) mass is 232 g/mol. The van der Waals surface area contributed by atoms with E-state index in [1.807, 2.05) is 30.3 Å². The molecule has 0 amide bonds. The van der Waals surface area contributed by atoms with Crippen molar-refractivity contribution in [2.75, 3.05) is 0 Å². The molecule has 0 saturated heterocycles. The Morgan fingerprint density at radius 2 is 1.82 bits per heavy atom.